The van der Waals surface area contributed by atoms with Crippen molar-refractivity contribution in [3.63, 3.8) is 0 Å². The topological polar surface area (TPSA) is 41.0 Å². The average Bonchev–Trinajstić information content (AvgIpc) is 2.52. The highest BCUT2D eigenvalue weighted by molar-refractivity contribution is 5.45. The first-order valence-corrected chi connectivity index (χ1v) is 7.49. The lowest BCUT2D eigenvalue weighted by Crippen LogP contribution is -2.20. The summed E-state index contributed by atoms with van der Waals surface area (Å²) in [4.78, 5) is 10.8. The number of nitrogens with one attached hydrogen (secondary N) is 1. The molecule has 112 valence electrons. The summed E-state index contributed by atoms with van der Waals surface area (Å²) in [6.07, 6.45) is 2.69. The molecule has 4 nitrogen and oxygen atoms in total. The van der Waals surface area contributed by atoms with E-state index in [4.69, 9.17) is 0 Å². The van der Waals surface area contributed by atoms with Crippen LogP contribution in [0.15, 0.2) is 42.7 Å². The Labute approximate surface area is 127 Å². The lowest BCUT2D eigenvalue weighted by atomic mass is 10.1. The van der Waals surface area contributed by atoms with Crippen LogP contribution in [0.2, 0.25) is 0 Å². The first-order valence-electron chi connectivity index (χ1n) is 7.49. The summed E-state index contributed by atoms with van der Waals surface area (Å²) in [5, 5.41) is 3.37. The maximum atomic E-state index is 4.28. The maximum absolute atomic E-state index is 4.28. The van der Waals surface area contributed by atoms with Gasteiger partial charge in [0.1, 0.15) is 12.1 Å². The van der Waals surface area contributed by atoms with Crippen molar-refractivity contribution in [3.8, 4) is 0 Å². The molecule has 2 rings (SSSR count). The molecule has 2 aromatic rings. The molecule has 0 radical (unpaired) electrons. The summed E-state index contributed by atoms with van der Waals surface area (Å²) in [7, 11) is 2.12. The molecule has 0 aliphatic carbocycles. The van der Waals surface area contributed by atoms with Gasteiger partial charge in [-0.1, -0.05) is 32.0 Å². The van der Waals surface area contributed by atoms with E-state index in [0.717, 1.165) is 31.0 Å². The van der Waals surface area contributed by atoms with Crippen LogP contribution in [0, 0.1) is 0 Å². The first-order chi connectivity index (χ1) is 10.2. The molecule has 0 aliphatic rings. The van der Waals surface area contributed by atoms with Gasteiger partial charge >= 0.3 is 0 Å². The molecule has 0 amide bonds. The lowest BCUT2D eigenvalue weighted by molar-refractivity contribution is 0.801. The summed E-state index contributed by atoms with van der Waals surface area (Å²) in [5.41, 5.74) is 2.33. The summed E-state index contributed by atoms with van der Waals surface area (Å²) in [6.45, 7) is 6.20. The Kier molecular flexibility index (Phi) is 5.55. The van der Waals surface area contributed by atoms with Crippen LogP contribution in [0.4, 0.5) is 11.5 Å². The van der Waals surface area contributed by atoms with Gasteiger partial charge in [-0.15, -0.1) is 0 Å². The minimum absolute atomic E-state index is 0.428. The normalized spacial score (nSPS) is 10.7. The molecule has 1 heterocycles. The predicted octanol–water partition coefficient (Wildman–Crippen LogP) is 3.54. The van der Waals surface area contributed by atoms with E-state index in [-0.39, 0.29) is 0 Å². The number of hydrogen-bond donors (Lipinski definition) is 1. The predicted molar refractivity (Wildman–Crippen MR) is 88.9 cm³/mol. The fourth-order valence-electron chi connectivity index (χ4n) is 2.13. The zero-order valence-electron chi connectivity index (χ0n) is 13.1. The molecule has 0 saturated heterocycles. The lowest BCUT2D eigenvalue weighted by Gasteiger charge is -2.19. The SMILES string of the molecule is CC(C)c1cc(NCCCN(C)c2ccccc2)ncn1. The fraction of sp³-hybridized carbons (Fsp3) is 0.412. The van der Waals surface area contributed by atoms with Gasteiger partial charge in [0.25, 0.3) is 0 Å². The highest BCUT2D eigenvalue weighted by Crippen LogP contribution is 2.14. The summed E-state index contributed by atoms with van der Waals surface area (Å²) in [5.74, 6) is 1.34. The van der Waals surface area contributed by atoms with Crippen molar-refractivity contribution in [2.45, 2.75) is 26.2 Å². The van der Waals surface area contributed by atoms with Crippen LogP contribution in [0.5, 0.6) is 0 Å². The fourth-order valence-corrected chi connectivity index (χ4v) is 2.13. The van der Waals surface area contributed by atoms with Gasteiger partial charge in [0.15, 0.2) is 0 Å². The standard InChI is InChI=1S/C17H24N4/c1-14(2)16-12-17(20-13-19-16)18-10-7-11-21(3)15-8-5-4-6-9-15/h4-6,8-9,12-14H,7,10-11H2,1-3H3,(H,18,19,20). The second-order valence-electron chi connectivity index (χ2n) is 5.52. The van der Waals surface area contributed by atoms with Crippen LogP contribution in [0.1, 0.15) is 31.9 Å². The number of hydrogen-bond acceptors (Lipinski definition) is 4. The monoisotopic (exact) mass is 284 g/mol. The number of nitrogens with zero attached hydrogens (tertiary/aromatic N) is 3. The van der Waals surface area contributed by atoms with Gasteiger partial charge in [-0.25, -0.2) is 9.97 Å². The highest BCUT2D eigenvalue weighted by Gasteiger charge is 2.03. The van der Waals surface area contributed by atoms with Crippen LogP contribution in [0.25, 0.3) is 0 Å². The van der Waals surface area contributed by atoms with E-state index in [1.807, 2.05) is 12.1 Å². The molecule has 0 bridgehead atoms. The van der Waals surface area contributed by atoms with Crippen molar-refractivity contribution in [3.05, 3.63) is 48.4 Å². The molecule has 1 aromatic heterocycles. The maximum Gasteiger partial charge on any atom is 0.129 e. The zero-order valence-corrected chi connectivity index (χ0v) is 13.1. The van der Waals surface area contributed by atoms with Crippen molar-refractivity contribution in [1.29, 1.82) is 0 Å². The van der Waals surface area contributed by atoms with Crippen LogP contribution < -0.4 is 10.2 Å². The zero-order chi connectivity index (χ0) is 15.1. The first kappa shape index (κ1) is 15.3. The van der Waals surface area contributed by atoms with E-state index in [1.54, 1.807) is 6.33 Å². The third-order valence-electron chi connectivity index (χ3n) is 3.45. The van der Waals surface area contributed by atoms with Crippen molar-refractivity contribution in [1.82, 2.24) is 9.97 Å². The molecule has 0 unspecified atom stereocenters. The van der Waals surface area contributed by atoms with Crippen molar-refractivity contribution >= 4 is 11.5 Å². The minimum atomic E-state index is 0.428. The molecule has 0 spiro atoms. The van der Waals surface area contributed by atoms with Crippen molar-refractivity contribution in [2.24, 2.45) is 0 Å². The smallest absolute Gasteiger partial charge is 0.129 e. The number of benzene rings is 1. The Balaban J connectivity index is 1.76. The van der Waals surface area contributed by atoms with E-state index in [1.165, 1.54) is 5.69 Å². The molecule has 1 N–H and O–H groups in total. The number of para-hydroxylation sites is 1. The van der Waals surface area contributed by atoms with Gasteiger partial charge in [-0.3, -0.25) is 0 Å². The number of anilines is 2. The largest absolute Gasteiger partial charge is 0.375 e. The van der Waals surface area contributed by atoms with Crippen LogP contribution in [0.3, 0.4) is 0 Å². The van der Waals surface area contributed by atoms with E-state index in [2.05, 4.69) is 65.3 Å². The number of rotatable bonds is 7. The molecule has 0 atom stereocenters. The van der Waals surface area contributed by atoms with Gasteiger partial charge < -0.3 is 10.2 Å². The summed E-state index contributed by atoms with van der Waals surface area (Å²) >= 11 is 0. The molecule has 1 aromatic carbocycles. The molecule has 0 saturated carbocycles. The molecule has 4 heteroatoms. The Hall–Kier alpha value is -2.10. The summed E-state index contributed by atoms with van der Waals surface area (Å²) < 4.78 is 0. The molecular weight excluding hydrogens is 260 g/mol. The van der Waals surface area contributed by atoms with Gasteiger partial charge in [-0.2, -0.15) is 0 Å². The highest BCUT2D eigenvalue weighted by atomic mass is 15.1. The van der Waals surface area contributed by atoms with Crippen molar-refractivity contribution < 1.29 is 0 Å². The van der Waals surface area contributed by atoms with Crippen LogP contribution in [-0.4, -0.2) is 30.1 Å². The Bertz CT molecular complexity index is 539. The Morgan fingerprint density at radius 2 is 1.90 bits per heavy atom. The molecule has 0 fully saturated rings. The molecule has 21 heavy (non-hydrogen) atoms. The van der Waals surface area contributed by atoms with Crippen LogP contribution >= 0.6 is 0 Å². The second-order valence-corrected chi connectivity index (χ2v) is 5.52. The third-order valence-corrected chi connectivity index (χ3v) is 3.45. The third kappa shape index (κ3) is 4.74. The Morgan fingerprint density at radius 3 is 2.62 bits per heavy atom. The average molecular weight is 284 g/mol. The number of aromatic nitrogens is 2. The van der Waals surface area contributed by atoms with Crippen molar-refractivity contribution in [2.75, 3.05) is 30.4 Å². The Morgan fingerprint density at radius 1 is 1.14 bits per heavy atom. The van der Waals surface area contributed by atoms with Gasteiger partial charge in [0.05, 0.1) is 0 Å². The van der Waals surface area contributed by atoms with E-state index >= 15 is 0 Å². The van der Waals surface area contributed by atoms with Gasteiger partial charge in [0.2, 0.25) is 0 Å². The van der Waals surface area contributed by atoms with Gasteiger partial charge in [-0.05, 0) is 24.5 Å². The van der Waals surface area contributed by atoms with Crippen LogP contribution in [-0.2, 0) is 0 Å². The van der Waals surface area contributed by atoms with E-state index in [9.17, 15) is 0 Å². The van der Waals surface area contributed by atoms with E-state index < -0.39 is 0 Å². The minimum Gasteiger partial charge on any atom is -0.375 e. The second kappa shape index (κ2) is 7.62. The summed E-state index contributed by atoms with van der Waals surface area (Å²) in [6, 6.07) is 12.5. The molecule has 0 aliphatic heterocycles. The quantitative estimate of drug-likeness (QED) is 0.790. The molecular formula is C17H24N4. The van der Waals surface area contributed by atoms with Gasteiger partial charge in [0, 0.05) is 37.6 Å². The van der Waals surface area contributed by atoms with E-state index in [0.29, 0.717) is 5.92 Å².